The van der Waals surface area contributed by atoms with Gasteiger partial charge in [0.2, 0.25) is 0 Å². The monoisotopic (exact) mass is 346 g/mol. The van der Waals surface area contributed by atoms with Crippen LogP contribution in [0, 0.1) is 0 Å². The Balaban J connectivity index is 1.73. The molecule has 0 bridgehead atoms. The molecule has 3 aliphatic heterocycles. The number of para-hydroxylation sites is 1. The highest BCUT2D eigenvalue weighted by atomic mass is 16.1. The van der Waals surface area contributed by atoms with Gasteiger partial charge >= 0.3 is 0 Å². The van der Waals surface area contributed by atoms with Crippen LogP contribution in [-0.4, -0.2) is 45.9 Å². The number of nitrogens with zero attached hydrogens (tertiary/aromatic N) is 4. The number of anilines is 1. The Morgan fingerprint density at radius 1 is 1.04 bits per heavy atom. The van der Waals surface area contributed by atoms with Crippen LogP contribution in [-0.2, 0) is 0 Å². The predicted molar refractivity (Wildman–Crippen MR) is 101 cm³/mol. The molecule has 26 heavy (non-hydrogen) atoms. The van der Waals surface area contributed by atoms with Crippen LogP contribution in [0.5, 0.6) is 0 Å². The quantitative estimate of drug-likeness (QED) is 0.577. The highest BCUT2D eigenvalue weighted by Crippen LogP contribution is 2.30. The molecule has 0 unspecified atom stereocenters. The van der Waals surface area contributed by atoms with Crippen LogP contribution in [0.1, 0.15) is 0 Å². The van der Waals surface area contributed by atoms with Gasteiger partial charge in [0.15, 0.2) is 5.82 Å². The van der Waals surface area contributed by atoms with Crippen molar-refractivity contribution in [3.63, 3.8) is 0 Å². The van der Waals surface area contributed by atoms with E-state index in [4.69, 9.17) is 0 Å². The van der Waals surface area contributed by atoms with E-state index in [1.165, 1.54) is 4.68 Å². The van der Waals surface area contributed by atoms with Gasteiger partial charge in [0, 0.05) is 44.0 Å². The van der Waals surface area contributed by atoms with E-state index in [0.717, 1.165) is 48.6 Å². The Kier molecular flexibility index (Phi) is 3.46. The highest BCUT2D eigenvalue weighted by molar-refractivity contribution is 5.98. The van der Waals surface area contributed by atoms with Crippen molar-refractivity contribution < 1.29 is 0 Å². The van der Waals surface area contributed by atoms with Crippen molar-refractivity contribution in [1.29, 1.82) is 0 Å². The number of nitrogens with one attached hydrogen (secondary N) is 2. The molecule has 1 aromatic carbocycles. The number of hydrogen-bond donors (Lipinski definition) is 2. The zero-order valence-corrected chi connectivity index (χ0v) is 14.1. The molecule has 0 aliphatic carbocycles. The number of fused-ring (bicyclic) bond motifs is 3. The third-order valence-electron chi connectivity index (χ3n) is 4.84. The Hall–Kier alpha value is -3.19. The second-order valence-corrected chi connectivity index (χ2v) is 6.40. The van der Waals surface area contributed by atoms with Crippen LogP contribution in [0.2, 0.25) is 0 Å². The van der Waals surface area contributed by atoms with Gasteiger partial charge in [-0.15, -0.1) is 0 Å². The van der Waals surface area contributed by atoms with Crippen molar-refractivity contribution in [2.24, 2.45) is 0 Å². The first-order valence-electron chi connectivity index (χ1n) is 8.73. The summed E-state index contributed by atoms with van der Waals surface area (Å²) in [6, 6.07) is 11.4. The average molecular weight is 346 g/mol. The number of pyridine rings is 2. The molecular weight excluding hydrogens is 328 g/mol. The number of piperazine rings is 1. The smallest absolute Gasteiger partial charge is 0.282 e. The standard InChI is InChI=1S/C19H18N6O/c26-19-15-12-22-17-14(6-7-21-18(17)24-10-8-20-9-11-24)16(15)23-25(19)13-4-2-1-3-5-13/h1-7,12,20,22H,8-11H2. The second-order valence-electron chi connectivity index (χ2n) is 6.40. The molecule has 0 atom stereocenters. The maximum Gasteiger partial charge on any atom is 0.282 e. The van der Waals surface area contributed by atoms with E-state index in [0.29, 0.717) is 11.3 Å². The van der Waals surface area contributed by atoms with Gasteiger partial charge in [-0.1, -0.05) is 18.2 Å². The third-order valence-corrected chi connectivity index (χ3v) is 4.84. The van der Waals surface area contributed by atoms with Crippen LogP contribution >= 0.6 is 0 Å². The molecular formula is C19H18N6O. The molecule has 0 spiro atoms. The first-order valence-corrected chi connectivity index (χ1v) is 8.73. The van der Waals surface area contributed by atoms with Gasteiger partial charge in [0.25, 0.3) is 5.56 Å². The summed E-state index contributed by atoms with van der Waals surface area (Å²) in [7, 11) is 0. The van der Waals surface area contributed by atoms with Crippen LogP contribution in [0.15, 0.2) is 53.6 Å². The van der Waals surface area contributed by atoms with Crippen LogP contribution < -0.4 is 15.8 Å². The van der Waals surface area contributed by atoms with E-state index in [9.17, 15) is 4.79 Å². The lowest BCUT2D eigenvalue weighted by atomic mass is 10.1. The van der Waals surface area contributed by atoms with Gasteiger partial charge < -0.3 is 15.2 Å². The normalized spacial score (nSPS) is 15.0. The number of benzene rings is 1. The Morgan fingerprint density at radius 2 is 1.85 bits per heavy atom. The minimum Gasteiger partial charge on any atom is -0.357 e. The van der Waals surface area contributed by atoms with Crippen molar-refractivity contribution in [1.82, 2.24) is 25.1 Å². The molecule has 3 aliphatic rings. The van der Waals surface area contributed by atoms with E-state index < -0.39 is 0 Å². The van der Waals surface area contributed by atoms with Crippen molar-refractivity contribution in [3.05, 3.63) is 59.1 Å². The minimum absolute atomic E-state index is 0.120. The lowest BCUT2D eigenvalue weighted by molar-refractivity contribution is 0.586. The van der Waals surface area contributed by atoms with Gasteiger partial charge in [-0.05, 0) is 18.2 Å². The summed E-state index contributed by atoms with van der Waals surface area (Å²) in [5.41, 5.74) is 2.84. The molecule has 1 aromatic heterocycles. The molecule has 0 amide bonds. The molecule has 0 saturated carbocycles. The first kappa shape index (κ1) is 15.1. The fourth-order valence-corrected chi connectivity index (χ4v) is 3.54. The molecule has 0 radical (unpaired) electrons. The maximum absolute atomic E-state index is 12.8. The van der Waals surface area contributed by atoms with Gasteiger partial charge in [0.1, 0.15) is 5.69 Å². The maximum atomic E-state index is 12.8. The summed E-state index contributed by atoms with van der Waals surface area (Å²) < 4.78 is 1.46. The fraction of sp³-hybridized carbons (Fsp3) is 0.211. The molecule has 4 heterocycles. The Morgan fingerprint density at radius 3 is 2.65 bits per heavy atom. The summed E-state index contributed by atoms with van der Waals surface area (Å²) in [6.07, 6.45) is 3.54. The minimum atomic E-state index is -0.120. The van der Waals surface area contributed by atoms with Gasteiger partial charge in [-0.25, -0.2) is 4.98 Å². The molecule has 2 aromatic rings. The number of H-pyrrole nitrogens is 1. The van der Waals surface area contributed by atoms with Crippen molar-refractivity contribution in [2.45, 2.75) is 0 Å². The average Bonchev–Trinajstić information content (AvgIpc) is 3.06. The lowest BCUT2D eigenvalue weighted by Gasteiger charge is -2.29. The topological polar surface area (TPSA) is 78.8 Å². The van der Waals surface area contributed by atoms with Crippen LogP contribution in [0.3, 0.4) is 0 Å². The molecule has 130 valence electrons. The fourth-order valence-electron chi connectivity index (χ4n) is 3.54. The van der Waals surface area contributed by atoms with E-state index in [-0.39, 0.29) is 5.56 Å². The van der Waals surface area contributed by atoms with Gasteiger partial charge in [0.05, 0.1) is 16.8 Å². The van der Waals surface area contributed by atoms with Gasteiger partial charge in [-0.2, -0.15) is 9.78 Å². The predicted octanol–water partition coefficient (Wildman–Crippen LogP) is 1.62. The Bertz CT molecular complexity index is 1090. The summed E-state index contributed by atoms with van der Waals surface area (Å²) >= 11 is 0. The molecule has 1 fully saturated rings. The Labute approximate surface area is 149 Å². The van der Waals surface area contributed by atoms with Crippen LogP contribution in [0.4, 0.5) is 5.82 Å². The SMILES string of the molecule is O=c1c2c[nH]c3c(N4CCNCC4)nccc3c-2nn1-c1ccccc1. The van der Waals surface area contributed by atoms with Crippen molar-refractivity contribution in [3.8, 4) is 16.9 Å². The highest BCUT2D eigenvalue weighted by Gasteiger charge is 2.22. The summed E-state index contributed by atoms with van der Waals surface area (Å²) in [5.74, 6) is 0.910. The van der Waals surface area contributed by atoms with Crippen molar-refractivity contribution >= 4 is 16.7 Å². The van der Waals surface area contributed by atoms with E-state index in [2.05, 4.69) is 25.3 Å². The zero-order valence-electron chi connectivity index (χ0n) is 14.1. The number of hydrogen-bond acceptors (Lipinski definition) is 5. The largest absolute Gasteiger partial charge is 0.357 e. The van der Waals surface area contributed by atoms with E-state index in [1.807, 2.05) is 36.4 Å². The molecule has 5 rings (SSSR count). The summed E-state index contributed by atoms with van der Waals surface area (Å²) in [6.45, 7) is 3.69. The molecule has 7 nitrogen and oxygen atoms in total. The summed E-state index contributed by atoms with van der Waals surface area (Å²) in [5, 5.41) is 8.89. The van der Waals surface area contributed by atoms with E-state index in [1.54, 1.807) is 12.4 Å². The van der Waals surface area contributed by atoms with Gasteiger partial charge in [-0.3, -0.25) is 4.79 Å². The van der Waals surface area contributed by atoms with E-state index >= 15 is 0 Å². The third kappa shape index (κ3) is 2.28. The molecule has 1 saturated heterocycles. The second kappa shape index (κ2) is 5.96. The molecule has 7 heteroatoms. The van der Waals surface area contributed by atoms with Crippen molar-refractivity contribution in [2.75, 3.05) is 31.1 Å². The first-order chi connectivity index (χ1) is 12.8. The summed E-state index contributed by atoms with van der Waals surface area (Å²) in [4.78, 5) is 22.9. The number of rotatable bonds is 2. The molecule has 2 N–H and O–H groups in total. The lowest BCUT2D eigenvalue weighted by Crippen LogP contribution is -2.44. The van der Waals surface area contributed by atoms with Crippen LogP contribution in [0.25, 0.3) is 27.8 Å². The number of aromatic nitrogens is 4. The number of aromatic amines is 1. The zero-order chi connectivity index (χ0) is 17.5.